The van der Waals surface area contributed by atoms with Gasteiger partial charge in [0.25, 0.3) is 0 Å². The van der Waals surface area contributed by atoms with Gasteiger partial charge in [-0.3, -0.25) is 0 Å². The van der Waals surface area contributed by atoms with Crippen LogP contribution in [0.25, 0.3) is 0 Å². The van der Waals surface area contributed by atoms with Crippen molar-refractivity contribution < 1.29 is 14.6 Å². The fourth-order valence-electron chi connectivity index (χ4n) is 0.343. The first-order valence-electron chi connectivity index (χ1n) is 3.22. The summed E-state index contributed by atoms with van der Waals surface area (Å²) in [7, 11) is 0. The average Bonchev–Trinajstić information content (AvgIpc) is 1.81. The Balaban J connectivity index is -0.000000405. The Labute approximate surface area is 75.7 Å². The molecular formula is C9H22O3. The van der Waals surface area contributed by atoms with E-state index in [2.05, 4.69) is 4.74 Å². The van der Waals surface area contributed by atoms with Crippen LogP contribution < -0.4 is 0 Å². The number of ether oxygens (including phenoxy) is 1. The van der Waals surface area contributed by atoms with Crippen molar-refractivity contribution in [2.24, 2.45) is 5.41 Å². The zero-order chi connectivity index (χ0) is 8.20. The maximum Gasteiger partial charge on any atom is 0.331 e. The molecule has 0 heterocycles. The molecule has 0 aliphatic rings. The van der Waals surface area contributed by atoms with E-state index >= 15 is 0 Å². The minimum Gasteiger partial charge on any atom is -0.463 e. The van der Waals surface area contributed by atoms with Gasteiger partial charge in [0.05, 0.1) is 6.61 Å². The van der Waals surface area contributed by atoms with Crippen LogP contribution in [0.3, 0.4) is 0 Å². The predicted octanol–water partition coefficient (Wildman–Crippen LogP) is 1.84. The van der Waals surface area contributed by atoms with Crippen molar-refractivity contribution in [3.8, 4) is 0 Å². The molecule has 0 aromatic carbocycles. The van der Waals surface area contributed by atoms with E-state index in [0.717, 1.165) is 0 Å². The van der Waals surface area contributed by atoms with Crippen molar-refractivity contribution in [3.05, 3.63) is 0 Å². The van der Waals surface area contributed by atoms with Crippen molar-refractivity contribution in [2.75, 3.05) is 13.2 Å². The van der Waals surface area contributed by atoms with Crippen molar-refractivity contribution in [1.29, 1.82) is 0 Å². The molecule has 0 amide bonds. The normalized spacial score (nSPS) is 9.33. The molecule has 0 aromatic rings. The SMILES string of the molecule is C.C.CC(C)(C)COC(=O)CO. The average molecular weight is 178 g/mol. The van der Waals surface area contributed by atoms with E-state index < -0.39 is 12.6 Å². The zero-order valence-electron chi connectivity index (χ0n) is 6.68. The van der Waals surface area contributed by atoms with Gasteiger partial charge in [0.2, 0.25) is 0 Å². The van der Waals surface area contributed by atoms with E-state index in [1.54, 1.807) is 0 Å². The van der Waals surface area contributed by atoms with Crippen LogP contribution in [0.5, 0.6) is 0 Å². The number of carbonyl (C=O) groups is 1. The van der Waals surface area contributed by atoms with Crippen molar-refractivity contribution >= 4 is 5.97 Å². The zero-order valence-corrected chi connectivity index (χ0v) is 6.68. The molecule has 0 fully saturated rings. The van der Waals surface area contributed by atoms with Gasteiger partial charge in [0.1, 0.15) is 6.61 Å². The molecule has 0 bridgehead atoms. The molecule has 1 N–H and O–H groups in total. The molecule has 0 aromatic heterocycles. The summed E-state index contributed by atoms with van der Waals surface area (Å²) in [5.41, 5.74) is -0.0230. The van der Waals surface area contributed by atoms with E-state index in [1.165, 1.54) is 0 Å². The number of aliphatic hydroxyl groups excluding tert-OH is 1. The molecule has 12 heavy (non-hydrogen) atoms. The van der Waals surface area contributed by atoms with Gasteiger partial charge in [0, 0.05) is 0 Å². The Morgan fingerprint density at radius 3 is 2.00 bits per heavy atom. The van der Waals surface area contributed by atoms with Crippen molar-refractivity contribution in [3.63, 3.8) is 0 Å². The first-order chi connectivity index (χ1) is 4.45. The first-order valence-corrected chi connectivity index (χ1v) is 3.22. The molecule has 0 radical (unpaired) electrons. The Bertz CT molecular complexity index is 113. The summed E-state index contributed by atoms with van der Waals surface area (Å²) in [6.45, 7) is 5.69. The second-order valence-electron chi connectivity index (χ2n) is 3.38. The summed E-state index contributed by atoms with van der Waals surface area (Å²) in [6.07, 6.45) is 0. The molecule has 0 aliphatic carbocycles. The van der Waals surface area contributed by atoms with Gasteiger partial charge in [-0.05, 0) is 5.41 Å². The summed E-state index contributed by atoms with van der Waals surface area (Å²) in [5.74, 6) is -0.560. The van der Waals surface area contributed by atoms with Crippen LogP contribution in [-0.2, 0) is 9.53 Å². The summed E-state index contributed by atoms with van der Waals surface area (Å²) >= 11 is 0. The second kappa shape index (κ2) is 7.10. The van der Waals surface area contributed by atoms with Crippen LogP contribution in [0.15, 0.2) is 0 Å². The largest absolute Gasteiger partial charge is 0.463 e. The molecule has 0 aliphatic heterocycles. The molecule has 0 unspecified atom stereocenters. The molecule has 0 atom stereocenters. The van der Waals surface area contributed by atoms with Crippen molar-refractivity contribution in [1.82, 2.24) is 0 Å². The highest BCUT2D eigenvalue weighted by Gasteiger charge is 2.12. The van der Waals surface area contributed by atoms with Crippen LogP contribution in [0, 0.1) is 5.41 Å². The lowest BCUT2D eigenvalue weighted by molar-refractivity contribution is -0.149. The minimum absolute atomic E-state index is 0. The predicted molar refractivity (Wildman–Crippen MR) is 51.0 cm³/mol. The Morgan fingerprint density at radius 2 is 1.75 bits per heavy atom. The van der Waals surface area contributed by atoms with Gasteiger partial charge in [-0.1, -0.05) is 35.6 Å². The third-order valence-electron chi connectivity index (χ3n) is 0.795. The van der Waals surface area contributed by atoms with Gasteiger partial charge >= 0.3 is 5.97 Å². The maximum atomic E-state index is 10.4. The summed E-state index contributed by atoms with van der Waals surface area (Å²) in [6, 6.07) is 0. The highest BCUT2D eigenvalue weighted by Crippen LogP contribution is 2.12. The van der Waals surface area contributed by atoms with Crippen LogP contribution in [0.4, 0.5) is 0 Å². The molecular weight excluding hydrogens is 156 g/mol. The Kier molecular flexibility index (Phi) is 10.4. The van der Waals surface area contributed by atoms with Gasteiger partial charge in [-0.25, -0.2) is 4.79 Å². The number of carbonyl (C=O) groups excluding carboxylic acids is 1. The van der Waals surface area contributed by atoms with Gasteiger partial charge < -0.3 is 9.84 Å². The third-order valence-corrected chi connectivity index (χ3v) is 0.795. The number of rotatable bonds is 2. The summed E-state index contributed by atoms with van der Waals surface area (Å²) in [4.78, 5) is 10.4. The third kappa shape index (κ3) is 12.1. The van der Waals surface area contributed by atoms with E-state index in [1.807, 2.05) is 20.8 Å². The topological polar surface area (TPSA) is 46.5 Å². The van der Waals surface area contributed by atoms with Crippen LogP contribution >= 0.6 is 0 Å². The lowest BCUT2D eigenvalue weighted by Gasteiger charge is -2.16. The van der Waals surface area contributed by atoms with E-state index in [0.29, 0.717) is 6.61 Å². The standard InChI is InChI=1S/C7H14O3.2CH4/c1-7(2,3)5-10-6(9)4-8;;/h8H,4-5H2,1-3H3;2*1H4. The van der Waals surface area contributed by atoms with Gasteiger partial charge in [-0.2, -0.15) is 0 Å². The van der Waals surface area contributed by atoms with Crippen LogP contribution in [0.1, 0.15) is 35.6 Å². The summed E-state index contributed by atoms with van der Waals surface area (Å²) in [5, 5.41) is 8.26. The number of esters is 1. The fraction of sp³-hybridized carbons (Fsp3) is 0.889. The number of hydrogen-bond donors (Lipinski definition) is 1. The minimum atomic E-state index is -0.560. The number of aliphatic hydroxyl groups is 1. The van der Waals surface area contributed by atoms with Gasteiger partial charge in [0.15, 0.2) is 0 Å². The highest BCUT2D eigenvalue weighted by atomic mass is 16.5. The maximum absolute atomic E-state index is 10.4. The first kappa shape index (κ1) is 17.5. The summed E-state index contributed by atoms with van der Waals surface area (Å²) < 4.78 is 4.67. The molecule has 0 rings (SSSR count). The molecule has 3 nitrogen and oxygen atoms in total. The van der Waals surface area contributed by atoms with Crippen LogP contribution in [0.2, 0.25) is 0 Å². The van der Waals surface area contributed by atoms with E-state index in [-0.39, 0.29) is 20.3 Å². The number of hydrogen-bond acceptors (Lipinski definition) is 3. The highest BCUT2D eigenvalue weighted by molar-refractivity contribution is 5.70. The second-order valence-corrected chi connectivity index (χ2v) is 3.38. The molecule has 0 spiro atoms. The molecule has 0 saturated heterocycles. The van der Waals surface area contributed by atoms with E-state index in [4.69, 9.17) is 5.11 Å². The lowest BCUT2D eigenvalue weighted by Crippen LogP contribution is -2.19. The van der Waals surface area contributed by atoms with Gasteiger partial charge in [-0.15, -0.1) is 0 Å². The molecule has 0 saturated carbocycles. The Morgan fingerprint density at radius 1 is 1.33 bits per heavy atom. The van der Waals surface area contributed by atoms with Crippen molar-refractivity contribution in [2.45, 2.75) is 35.6 Å². The quantitative estimate of drug-likeness (QED) is 0.656. The van der Waals surface area contributed by atoms with E-state index in [9.17, 15) is 4.79 Å². The molecule has 3 heteroatoms. The fourth-order valence-corrected chi connectivity index (χ4v) is 0.343. The molecule has 76 valence electrons. The monoisotopic (exact) mass is 178 g/mol. The van der Waals surface area contributed by atoms with Crippen LogP contribution in [-0.4, -0.2) is 24.3 Å². The Hall–Kier alpha value is -0.570. The lowest BCUT2D eigenvalue weighted by atomic mass is 9.99. The smallest absolute Gasteiger partial charge is 0.331 e.